The molecule has 0 saturated carbocycles. The quantitative estimate of drug-likeness (QED) is 0.620. The standard InChI is InChI=1S/C19H23N3O3S/c1-14-4-5-16(11-18(14)22(24)25)19(23)20-12-15-6-8-21(9-7-15)13-17-3-2-10-26-17/h2-5,10-11,15H,6-9,12-13H2,1H3,(H,20,23). The zero-order valence-corrected chi connectivity index (χ0v) is 15.6. The number of piperidine rings is 1. The first kappa shape index (κ1) is 18.5. The fraction of sp³-hybridized carbons (Fsp3) is 0.421. The number of nitrogens with zero attached hydrogens (tertiary/aromatic N) is 2. The first-order valence-electron chi connectivity index (χ1n) is 8.81. The number of amides is 1. The highest BCUT2D eigenvalue weighted by molar-refractivity contribution is 7.09. The number of hydrogen-bond acceptors (Lipinski definition) is 5. The Morgan fingerprint density at radius 3 is 2.77 bits per heavy atom. The Labute approximate surface area is 157 Å². The van der Waals surface area contributed by atoms with Gasteiger partial charge in [-0.3, -0.25) is 19.8 Å². The van der Waals surface area contributed by atoms with Crippen LogP contribution in [-0.2, 0) is 6.54 Å². The van der Waals surface area contributed by atoms with Crippen molar-refractivity contribution in [2.24, 2.45) is 5.92 Å². The molecule has 1 aromatic carbocycles. The molecule has 0 atom stereocenters. The molecule has 6 nitrogen and oxygen atoms in total. The second-order valence-corrected chi connectivity index (χ2v) is 7.80. The van der Waals surface area contributed by atoms with E-state index in [-0.39, 0.29) is 11.6 Å². The number of hydrogen-bond donors (Lipinski definition) is 1. The van der Waals surface area contributed by atoms with Gasteiger partial charge in [0, 0.05) is 35.2 Å². The molecule has 1 amide bonds. The SMILES string of the molecule is Cc1ccc(C(=O)NCC2CCN(Cc3cccs3)CC2)cc1[N+](=O)[O-]. The molecular formula is C19H23N3O3S. The molecule has 0 radical (unpaired) electrons. The van der Waals surface area contributed by atoms with Crippen LogP contribution in [0.3, 0.4) is 0 Å². The Kier molecular flexibility index (Phi) is 6.00. The van der Waals surface area contributed by atoms with Crippen LogP contribution in [0.2, 0.25) is 0 Å². The number of nitro groups is 1. The molecule has 0 bridgehead atoms. The summed E-state index contributed by atoms with van der Waals surface area (Å²) in [5, 5.41) is 16.1. The van der Waals surface area contributed by atoms with Crippen molar-refractivity contribution in [2.45, 2.75) is 26.3 Å². The number of carbonyl (C=O) groups is 1. The van der Waals surface area contributed by atoms with Gasteiger partial charge >= 0.3 is 0 Å². The fourth-order valence-electron chi connectivity index (χ4n) is 3.26. The van der Waals surface area contributed by atoms with E-state index in [4.69, 9.17) is 0 Å². The molecule has 1 aliphatic rings. The number of carbonyl (C=O) groups excluding carboxylic acids is 1. The zero-order chi connectivity index (χ0) is 18.5. The van der Waals surface area contributed by atoms with Crippen LogP contribution in [0.5, 0.6) is 0 Å². The summed E-state index contributed by atoms with van der Waals surface area (Å²) in [5.41, 5.74) is 0.890. The van der Waals surface area contributed by atoms with Crippen molar-refractivity contribution < 1.29 is 9.72 Å². The monoisotopic (exact) mass is 373 g/mol. The summed E-state index contributed by atoms with van der Waals surface area (Å²) >= 11 is 1.79. The van der Waals surface area contributed by atoms with Crippen molar-refractivity contribution in [3.63, 3.8) is 0 Å². The van der Waals surface area contributed by atoms with Gasteiger partial charge in [-0.25, -0.2) is 0 Å². The van der Waals surface area contributed by atoms with Crippen LogP contribution in [0, 0.1) is 23.0 Å². The van der Waals surface area contributed by atoms with Gasteiger partial charge in [0.2, 0.25) is 0 Å². The Balaban J connectivity index is 1.47. The highest BCUT2D eigenvalue weighted by Gasteiger charge is 2.21. The van der Waals surface area contributed by atoms with Gasteiger partial charge in [0.25, 0.3) is 11.6 Å². The van der Waals surface area contributed by atoms with E-state index in [2.05, 4.69) is 27.7 Å². The minimum atomic E-state index is -0.449. The van der Waals surface area contributed by atoms with E-state index in [0.29, 0.717) is 23.6 Å². The molecule has 1 saturated heterocycles. The zero-order valence-electron chi connectivity index (χ0n) is 14.8. The van der Waals surface area contributed by atoms with Crippen LogP contribution < -0.4 is 5.32 Å². The number of aryl methyl sites for hydroxylation is 1. The maximum absolute atomic E-state index is 12.3. The van der Waals surface area contributed by atoms with Gasteiger partial charge in [-0.1, -0.05) is 12.1 Å². The van der Waals surface area contributed by atoms with Crippen molar-refractivity contribution >= 4 is 22.9 Å². The molecule has 0 unspecified atom stereocenters. The lowest BCUT2D eigenvalue weighted by Crippen LogP contribution is -2.38. The van der Waals surface area contributed by atoms with Gasteiger partial charge in [-0.2, -0.15) is 0 Å². The third-order valence-corrected chi connectivity index (χ3v) is 5.75. The summed E-state index contributed by atoms with van der Waals surface area (Å²) in [6.07, 6.45) is 2.11. The molecule has 2 aromatic rings. The van der Waals surface area contributed by atoms with E-state index in [9.17, 15) is 14.9 Å². The third-order valence-electron chi connectivity index (χ3n) is 4.89. The van der Waals surface area contributed by atoms with E-state index in [1.54, 1.807) is 30.4 Å². The summed E-state index contributed by atoms with van der Waals surface area (Å²) in [7, 11) is 0. The first-order valence-corrected chi connectivity index (χ1v) is 9.69. The fourth-order valence-corrected chi connectivity index (χ4v) is 4.00. The Morgan fingerprint density at radius 2 is 2.12 bits per heavy atom. The molecule has 1 aliphatic heterocycles. The summed E-state index contributed by atoms with van der Waals surface area (Å²) < 4.78 is 0. The van der Waals surface area contributed by atoms with Crippen LogP contribution in [0.4, 0.5) is 5.69 Å². The molecule has 138 valence electrons. The van der Waals surface area contributed by atoms with Gasteiger partial charge in [-0.15, -0.1) is 11.3 Å². The van der Waals surface area contributed by atoms with Crippen LogP contribution in [0.1, 0.15) is 33.6 Å². The Morgan fingerprint density at radius 1 is 1.35 bits per heavy atom. The lowest BCUT2D eigenvalue weighted by atomic mass is 9.96. The normalized spacial score (nSPS) is 15.7. The van der Waals surface area contributed by atoms with E-state index < -0.39 is 4.92 Å². The highest BCUT2D eigenvalue weighted by Crippen LogP contribution is 2.21. The van der Waals surface area contributed by atoms with Gasteiger partial charge in [0.05, 0.1) is 4.92 Å². The van der Waals surface area contributed by atoms with Crippen molar-refractivity contribution in [1.82, 2.24) is 10.2 Å². The number of rotatable bonds is 6. The van der Waals surface area contributed by atoms with Crippen molar-refractivity contribution in [1.29, 1.82) is 0 Å². The molecule has 0 aliphatic carbocycles. The average Bonchev–Trinajstić information content (AvgIpc) is 3.14. The molecule has 1 fully saturated rings. The van der Waals surface area contributed by atoms with Crippen LogP contribution in [-0.4, -0.2) is 35.4 Å². The topological polar surface area (TPSA) is 75.5 Å². The maximum Gasteiger partial charge on any atom is 0.273 e. The Bertz CT molecular complexity index is 768. The predicted octanol–water partition coefficient (Wildman–Crippen LogP) is 3.61. The van der Waals surface area contributed by atoms with E-state index in [1.165, 1.54) is 10.9 Å². The lowest BCUT2D eigenvalue weighted by Gasteiger charge is -2.31. The molecule has 1 N–H and O–H groups in total. The smallest absolute Gasteiger partial charge is 0.273 e. The summed E-state index contributed by atoms with van der Waals surface area (Å²) in [6, 6.07) is 8.86. The van der Waals surface area contributed by atoms with E-state index in [0.717, 1.165) is 32.5 Å². The van der Waals surface area contributed by atoms with Gasteiger partial charge in [0.15, 0.2) is 0 Å². The first-order chi connectivity index (χ1) is 12.5. The number of nitrogens with one attached hydrogen (secondary N) is 1. The third kappa shape index (κ3) is 4.68. The van der Waals surface area contributed by atoms with Crippen molar-refractivity contribution in [2.75, 3.05) is 19.6 Å². The predicted molar refractivity (Wildman–Crippen MR) is 102 cm³/mol. The van der Waals surface area contributed by atoms with Gasteiger partial charge < -0.3 is 5.32 Å². The van der Waals surface area contributed by atoms with Gasteiger partial charge in [0.1, 0.15) is 0 Å². The van der Waals surface area contributed by atoms with E-state index in [1.807, 2.05) is 0 Å². The van der Waals surface area contributed by atoms with Crippen molar-refractivity contribution in [3.8, 4) is 0 Å². The van der Waals surface area contributed by atoms with Crippen molar-refractivity contribution in [3.05, 3.63) is 61.8 Å². The molecule has 0 spiro atoms. The summed E-state index contributed by atoms with van der Waals surface area (Å²) in [5.74, 6) is 0.216. The minimum Gasteiger partial charge on any atom is -0.352 e. The number of likely N-dealkylation sites (tertiary alicyclic amines) is 1. The molecule has 2 heterocycles. The number of nitro benzene ring substituents is 1. The van der Waals surface area contributed by atoms with Crippen LogP contribution in [0.25, 0.3) is 0 Å². The Hall–Kier alpha value is -2.25. The second-order valence-electron chi connectivity index (χ2n) is 6.77. The number of thiophene rings is 1. The molecule has 7 heteroatoms. The average molecular weight is 373 g/mol. The van der Waals surface area contributed by atoms with Crippen LogP contribution in [0.15, 0.2) is 35.7 Å². The molecule has 1 aromatic heterocycles. The summed E-state index contributed by atoms with van der Waals surface area (Å²) in [6.45, 7) is 5.36. The summed E-state index contributed by atoms with van der Waals surface area (Å²) in [4.78, 5) is 26.7. The van der Waals surface area contributed by atoms with Crippen LogP contribution >= 0.6 is 11.3 Å². The number of benzene rings is 1. The molecule has 3 rings (SSSR count). The van der Waals surface area contributed by atoms with E-state index >= 15 is 0 Å². The second kappa shape index (κ2) is 8.42. The lowest BCUT2D eigenvalue weighted by molar-refractivity contribution is -0.385. The minimum absolute atomic E-state index is 0.0143. The highest BCUT2D eigenvalue weighted by atomic mass is 32.1. The molecular weight excluding hydrogens is 350 g/mol. The molecule has 26 heavy (non-hydrogen) atoms. The van der Waals surface area contributed by atoms with Gasteiger partial charge in [-0.05, 0) is 56.3 Å². The maximum atomic E-state index is 12.3. The largest absolute Gasteiger partial charge is 0.352 e.